The van der Waals surface area contributed by atoms with Crippen molar-refractivity contribution in [3.8, 4) is 5.75 Å². The minimum absolute atomic E-state index is 0.186. The van der Waals surface area contributed by atoms with Crippen LogP contribution in [0.3, 0.4) is 0 Å². The molecule has 0 atom stereocenters. The van der Waals surface area contributed by atoms with E-state index < -0.39 is 5.79 Å². The van der Waals surface area contributed by atoms with Gasteiger partial charge in [0.2, 0.25) is 0 Å². The first kappa shape index (κ1) is 16.8. The van der Waals surface area contributed by atoms with Gasteiger partial charge in [-0.15, -0.1) is 0 Å². The van der Waals surface area contributed by atoms with Crippen molar-refractivity contribution in [3.05, 3.63) is 71.8 Å². The van der Waals surface area contributed by atoms with Crippen molar-refractivity contribution < 1.29 is 19.0 Å². The molecule has 2 aromatic carbocycles. The van der Waals surface area contributed by atoms with E-state index in [1.807, 2.05) is 49.4 Å². The van der Waals surface area contributed by atoms with Crippen LogP contribution in [0, 0.1) is 6.92 Å². The summed E-state index contributed by atoms with van der Waals surface area (Å²) < 4.78 is 17.3. The fraction of sp³-hybridized carbons (Fsp3) is 0.286. The van der Waals surface area contributed by atoms with Crippen molar-refractivity contribution in [2.45, 2.75) is 19.3 Å². The lowest BCUT2D eigenvalue weighted by atomic mass is 10.0. The highest BCUT2D eigenvalue weighted by Crippen LogP contribution is 2.46. The number of amides is 1. The number of hydrogen-bond donors (Lipinski definition) is 0. The minimum atomic E-state index is -1.31. The van der Waals surface area contributed by atoms with E-state index in [1.165, 1.54) is 0 Å². The van der Waals surface area contributed by atoms with E-state index in [0.717, 1.165) is 28.1 Å². The zero-order chi connectivity index (χ0) is 18.1. The molecule has 134 valence electrons. The zero-order valence-corrected chi connectivity index (χ0v) is 14.7. The number of ether oxygens (including phenoxy) is 3. The van der Waals surface area contributed by atoms with Crippen molar-refractivity contribution in [2.24, 2.45) is 0 Å². The molecule has 1 saturated heterocycles. The summed E-state index contributed by atoms with van der Waals surface area (Å²) in [7, 11) is 0. The highest BCUT2D eigenvalue weighted by molar-refractivity contribution is 6.06. The quantitative estimate of drug-likeness (QED) is 0.776. The maximum atomic E-state index is 13.2. The molecule has 0 saturated carbocycles. The van der Waals surface area contributed by atoms with Crippen LogP contribution in [-0.4, -0.2) is 25.7 Å². The third-order valence-electron chi connectivity index (χ3n) is 4.68. The molecule has 5 nitrogen and oxygen atoms in total. The summed E-state index contributed by atoms with van der Waals surface area (Å²) in [6.07, 6.45) is 1.70. The highest BCUT2D eigenvalue weighted by atomic mass is 16.7. The van der Waals surface area contributed by atoms with E-state index in [1.54, 1.807) is 11.0 Å². The number of benzene rings is 2. The lowest BCUT2D eigenvalue weighted by molar-refractivity contribution is -0.180. The highest BCUT2D eigenvalue weighted by Gasteiger charge is 2.56. The Morgan fingerprint density at radius 3 is 2.77 bits per heavy atom. The number of carbonyl (C=O) groups excluding carboxylic acids is 1. The summed E-state index contributed by atoms with van der Waals surface area (Å²) in [6, 6.07) is 13.6. The van der Waals surface area contributed by atoms with Crippen LogP contribution in [0.5, 0.6) is 5.75 Å². The summed E-state index contributed by atoms with van der Waals surface area (Å²) >= 11 is 0. The van der Waals surface area contributed by atoms with Gasteiger partial charge in [0.25, 0.3) is 11.7 Å². The normalized spacial score (nSPS) is 17.6. The standard InChI is InChI=1S/C21H21NO4/c1-3-10-24-19-7-5-4-6-16(19)14-22-18-9-8-15(2)13-17(18)21(20(22)23)25-11-12-26-21/h3-9,13H,1,10-12,14H2,2H3. The molecule has 0 aromatic heterocycles. The van der Waals surface area contributed by atoms with Crippen molar-refractivity contribution in [1.29, 1.82) is 0 Å². The lowest BCUT2D eigenvalue weighted by Gasteiger charge is -2.23. The molecule has 5 heteroatoms. The van der Waals surface area contributed by atoms with Crippen LogP contribution in [0.15, 0.2) is 55.1 Å². The Balaban J connectivity index is 1.72. The van der Waals surface area contributed by atoms with Crippen molar-refractivity contribution >= 4 is 11.6 Å². The third kappa shape index (κ3) is 2.60. The Bertz CT molecular complexity index is 855. The third-order valence-corrected chi connectivity index (χ3v) is 4.68. The van der Waals surface area contributed by atoms with E-state index in [4.69, 9.17) is 14.2 Å². The van der Waals surface area contributed by atoms with Gasteiger partial charge >= 0.3 is 0 Å². The Kier molecular flexibility index (Phi) is 4.26. The first-order chi connectivity index (χ1) is 12.7. The summed E-state index contributed by atoms with van der Waals surface area (Å²) in [5, 5.41) is 0. The molecular formula is C21H21NO4. The second-order valence-corrected chi connectivity index (χ2v) is 6.43. The SMILES string of the molecule is C=CCOc1ccccc1CN1C(=O)C2(OCCO2)c2cc(C)ccc21. The average Bonchev–Trinajstić information content (AvgIpc) is 3.22. The zero-order valence-electron chi connectivity index (χ0n) is 14.7. The lowest BCUT2D eigenvalue weighted by Crippen LogP contribution is -2.41. The average molecular weight is 351 g/mol. The van der Waals surface area contributed by atoms with E-state index in [-0.39, 0.29) is 5.91 Å². The molecular weight excluding hydrogens is 330 g/mol. The maximum absolute atomic E-state index is 13.2. The molecule has 2 aliphatic rings. The molecule has 4 rings (SSSR count). The predicted octanol–water partition coefficient (Wildman–Crippen LogP) is 3.31. The van der Waals surface area contributed by atoms with E-state index in [2.05, 4.69) is 6.58 Å². The molecule has 1 amide bonds. The molecule has 2 heterocycles. The smallest absolute Gasteiger partial charge is 0.292 e. The maximum Gasteiger partial charge on any atom is 0.292 e. The van der Waals surface area contributed by atoms with Crippen LogP contribution >= 0.6 is 0 Å². The monoisotopic (exact) mass is 351 g/mol. The van der Waals surface area contributed by atoms with Gasteiger partial charge in [0.1, 0.15) is 12.4 Å². The van der Waals surface area contributed by atoms with E-state index >= 15 is 0 Å². The molecule has 1 fully saturated rings. The van der Waals surface area contributed by atoms with Crippen molar-refractivity contribution in [2.75, 3.05) is 24.7 Å². The van der Waals surface area contributed by atoms with Gasteiger partial charge in [-0.25, -0.2) is 0 Å². The fourth-order valence-electron chi connectivity index (χ4n) is 3.49. The first-order valence-electron chi connectivity index (χ1n) is 8.68. The Morgan fingerprint density at radius 1 is 1.23 bits per heavy atom. The van der Waals surface area contributed by atoms with Gasteiger partial charge < -0.3 is 19.1 Å². The van der Waals surface area contributed by atoms with Crippen molar-refractivity contribution in [1.82, 2.24) is 0 Å². The number of hydrogen-bond acceptors (Lipinski definition) is 4. The fourth-order valence-corrected chi connectivity index (χ4v) is 3.49. The predicted molar refractivity (Wildman–Crippen MR) is 98.1 cm³/mol. The van der Waals surface area contributed by atoms with Gasteiger partial charge in [0.05, 0.1) is 25.4 Å². The molecule has 2 aliphatic heterocycles. The second-order valence-electron chi connectivity index (χ2n) is 6.43. The number of carbonyl (C=O) groups is 1. The number of rotatable bonds is 5. The van der Waals surface area contributed by atoms with Gasteiger partial charge in [-0.3, -0.25) is 4.79 Å². The second kappa shape index (κ2) is 6.59. The van der Waals surface area contributed by atoms with Crippen LogP contribution < -0.4 is 9.64 Å². The molecule has 0 aliphatic carbocycles. The molecule has 0 radical (unpaired) electrons. The topological polar surface area (TPSA) is 48.0 Å². The van der Waals surface area contributed by atoms with Crippen LogP contribution in [0.1, 0.15) is 16.7 Å². The van der Waals surface area contributed by atoms with Crippen LogP contribution in [0.4, 0.5) is 5.69 Å². The number of anilines is 1. The van der Waals surface area contributed by atoms with Crippen molar-refractivity contribution in [3.63, 3.8) is 0 Å². The summed E-state index contributed by atoms with van der Waals surface area (Å²) in [5.74, 6) is -0.754. The van der Waals surface area contributed by atoms with Crippen LogP contribution in [0.2, 0.25) is 0 Å². The van der Waals surface area contributed by atoms with Gasteiger partial charge in [0, 0.05) is 11.1 Å². The van der Waals surface area contributed by atoms with E-state index in [9.17, 15) is 4.79 Å². The van der Waals surface area contributed by atoms with E-state index in [0.29, 0.717) is 26.4 Å². The number of para-hydroxylation sites is 1. The van der Waals surface area contributed by atoms with Gasteiger partial charge in [0.15, 0.2) is 0 Å². The Labute approximate surface area is 152 Å². The number of nitrogens with zero attached hydrogens (tertiary/aromatic N) is 1. The van der Waals surface area contributed by atoms with Crippen LogP contribution in [-0.2, 0) is 26.6 Å². The number of aryl methyl sites for hydroxylation is 1. The first-order valence-corrected chi connectivity index (χ1v) is 8.68. The van der Waals surface area contributed by atoms with Gasteiger partial charge in [-0.2, -0.15) is 0 Å². The Hall–Kier alpha value is -2.63. The molecule has 1 spiro atoms. The summed E-state index contributed by atoms with van der Waals surface area (Å²) in [6.45, 7) is 7.30. The minimum Gasteiger partial charge on any atom is -0.489 e. The van der Waals surface area contributed by atoms with Gasteiger partial charge in [-0.05, 0) is 25.1 Å². The largest absolute Gasteiger partial charge is 0.489 e. The molecule has 26 heavy (non-hydrogen) atoms. The molecule has 2 aromatic rings. The number of fused-ring (bicyclic) bond motifs is 2. The summed E-state index contributed by atoms with van der Waals surface area (Å²) in [4.78, 5) is 15.0. The molecule has 0 unspecified atom stereocenters. The molecule has 0 bridgehead atoms. The van der Waals surface area contributed by atoms with Gasteiger partial charge in [-0.1, -0.05) is 42.5 Å². The summed E-state index contributed by atoms with van der Waals surface area (Å²) in [5.41, 5.74) is 3.58. The molecule has 0 N–H and O–H groups in total. The Morgan fingerprint density at radius 2 is 2.00 bits per heavy atom. The van der Waals surface area contributed by atoms with Crippen LogP contribution in [0.25, 0.3) is 0 Å².